The van der Waals surface area contributed by atoms with Gasteiger partial charge in [0.15, 0.2) is 5.78 Å². The van der Waals surface area contributed by atoms with E-state index in [1.165, 1.54) is 0 Å². The molecule has 0 atom stereocenters. The Kier molecular flexibility index (Phi) is 5.81. The van der Waals surface area contributed by atoms with Crippen molar-refractivity contribution in [2.45, 2.75) is 26.6 Å². The highest BCUT2D eigenvalue weighted by atomic mass is 35.5. The van der Waals surface area contributed by atoms with Gasteiger partial charge in [-0.3, -0.25) is 9.59 Å². The van der Waals surface area contributed by atoms with Crippen molar-refractivity contribution in [3.05, 3.63) is 80.5 Å². The summed E-state index contributed by atoms with van der Waals surface area (Å²) in [4.78, 5) is 25.0. The van der Waals surface area contributed by atoms with Crippen LogP contribution in [0.25, 0.3) is 5.69 Å². The number of carbonyl (C=O) groups excluding carboxylic acids is 1. The van der Waals surface area contributed by atoms with Gasteiger partial charge in [-0.25, -0.2) is 0 Å². The molecule has 0 aliphatic rings. The molecule has 2 aromatic heterocycles. The van der Waals surface area contributed by atoms with Gasteiger partial charge in [0.25, 0.3) is 5.56 Å². The van der Waals surface area contributed by atoms with Crippen LogP contribution in [-0.2, 0) is 12.7 Å². The summed E-state index contributed by atoms with van der Waals surface area (Å²) in [7, 11) is 1.56. The van der Waals surface area contributed by atoms with E-state index in [1.54, 1.807) is 39.2 Å². The van der Waals surface area contributed by atoms with Crippen LogP contribution in [0.4, 0.5) is 13.2 Å². The number of hydrogen-bond acceptors (Lipinski definition) is 3. The summed E-state index contributed by atoms with van der Waals surface area (Å²) in [6, 6.07) is 9.40. The number of nitrogens with zero attached hydrogens (tertiary/aromatic N) is 2. The van der Waals surface area contributed by atoms with Crippen LogP contribution in [0.5, 0.6) is 5.75 Å². The number of aryl methyl sites for hydroxylation is 1. The average molecular weight is 439 g/mol. The Morgan fingerprint density at radius 1 is 1.13 bits per heavy atom. The Labute approximate surface area is 175 Å². The molecule has 0 amide bonds. The van der Waals surface area contributed by atoms with Crippen molar-refractivity contribution in [3.8, 4) is 11.4 Å². The highest BCUT2D eigenvalue weighted by Crippen LogP contribution is 2.30. The number of rotatable bonds is 5. The maximum absolute atomic E-state index is 13.0. The van der Waals surface area contributed by atoms with E-state index in [0.29, 0.717) is 33.8 Å². The second-order valence-corrected chi connectivity index (χ2v) is 7.16. The zero-order chi connectivity index (χ0) is 22.2. The van der Waals surface area contributed by atoms with Crippen molar-refractivity contribution in [3.63, 3.8) is 0 Å². The van der Waals surface area contributed by atoms with Gasteiger partial charge in [-0.2, -0.15) is 13.2 Å². The normalized spacial score (nSPS) is 11.6. The lowest BCUT2D eigenvalue weighted by Gasteiger charge is -2.12. The zero-order valence-electron chi connectivity index (χ0n) is 16.4. The first-order valence-corrected chi connectivity index (χ1v) is 9.24. The Morgan fingerprint density at radius 2 is 1.77 bits per heavy atom. The van der Waals surface area contributed by atoms with Crippen LogP contribution in [0.3, 0.4) is 0 Å². The largest absolute Gasteiger partial charge is 0.497 e. The topological polar surface area (TPSA) is 53.2 Å². The molecule has 0 unspecified atom stereocenters. The number of pyridine rings is 1. The van der Waals surface area contributed by atoms with E-state index in [0.717, 1.165) is 11.4 Å². The molecule has 5 nitrogen and oxygen atoms in total. The molecule has 0 bridgehead atoms. The molecule has 0 saturated carbocycles. The van der Waals surface area contributed by atoms with Crippen molar-refractivity contribution in [2.24, 2.45) is 0 Å². The van der Waals surface area contributed by atoms with E-state index in [1.807, 2.05) is 16.7 Å². The molecule has 9 heteroatoms. The Bertz CT molecular complexity index is 1160. The molecule has 0 aliphatic carbocycles. The van der Waals surface area contributed by atoms with E-state index in [-0.39, 0.29) is 0 Å². The van der Waals surface area contributed by atoms with Crippen LogP contribution in [-0.4, -0.2) is 22.0 Å². The third-order valence-electron chi connectivity index (χ3n) is 4.75. The second-order valence-electron chi connectivity index (χ2n) is 6.75. The quantitative estimate of drug-likeness (QED) is 0.537. The van der Waals surface area contributed by atoms with Crippen molar-refractivity contribution in [2.75, 3.05) is 7.11 Å². The number of alkyl halides is 3. The lowest BCUT2D eigenvalue weighted by Crippen LogP contribution is -2.26. The molecule has 0 spiro atoms. The summed E-state index contributed by atoms with van der Waals surface area (Å²) < 4.78 is 46.8. The van der Waals surface area contributed by atoms with Crippen molar-refractivity contribution in [1.82, 2.24) is 9.13 Å². The maximum atomic E-state index is 13.0. The molecule has 3 aromatic rings. The number of carbonyl (C=O) groups is 1. The molecule has 2 heterocycles. The predicted molar refractivity (Wildman–Crippen MR) is 107 cm³/mol. The Hall–Kier alpha value is -3.00. The van der Waals surface area contributed by atoms with E-state index in [2.05, 4.69) is 0 Å². The first-order valence-electron chi connectivity index (χ1n) is 8.86. The van der Waals surface area contributed by atoms with Gasteiger partial charge in [0.05, 0.1) is 19.2 Å². The van der Waals surface area contributed by atoms with Gasteiger partial charge in [0, 0.05) is 28.8 Å². The summed E-state index contributed by atoms with van der Waals surface area (Å²) >= 11 is 5.66. The van der Waals surface area contributed by atoms with Crippen LogP contribution in [0.2, 0.25) is 5.02 Å². The molecule has 0 aliphatic heterocycles. The molecule has 0 radical (unpaired) electrons. The number of methoxy groups -OCH3 is 1. The minimum Gasteiger partial charge on any atom is -0.497 e. The fourth-order valence-corrected chi connectivity index (χ4v) is 3.51. The number of halogens is 4. The summed E-state index contributed by atoms with van der Waals surface area (Å²) in [6.45, 7) is 2.98. The van der Waals surface area contributed by atoms with Crippen LogP contribution < -0.4 is 10.3 Å². The fourth-order valence-electron chi connectivity index (χ4n) is 3.29. The molecule has 0 saturated heterocycles. The first-order chi connectivity index (χ1) is 14.0. The molecular weight excluding hydrogens is 421 g/mol. The van der Waals surface area contributed by atoms with Gasteiger partial charge in [-0.15, -0.1) is 0 Å². The van der Waals surface area contributed by atoms with Crippen LogP contribution in [0, 0.1) is 13.8 Å². The van der Waals surface area contributed by atoms with E-state index in [4.69, 9.17) is 16.3 Å². The van der Waals surface area contributed by atoms with Gasteiger partial charge < -0.3 is 13.9 Å². The standard InChI is InChI=1S/C21H18ClF3N2O3/c1-12-8-17(13(2)27(12)15-4-6-16(30-3)7-5-15)19(28)11-26-10-14(21(23,24)25)9-18(22)20(26)29/h4-10H,11H2,1-3H3. The van der Waals surface area contributed by atoms with Crippen molar-refractivity contribution in [1.29, 1.82) is 0 Å². The summed E-state index contributed by atoms with van der Waals surface area (Å²) in [5.41, 5.74) is 0.516. The smallest absolute Gasteiger partial charge is 0.417 e. The minimum absolute atomic E-state index is 0.309. The van der Waals surface area contributed by atoms with E-state index in [9.17, 15) is 22.8 Å². The first kappa shape index (κ1) is 21.7. The Balaban J connectivity index is 1.97. The SMILES string of the molecule is COc1ccc(-n2c(C)cc(C(=O)Cn3cc(C(F)(F)F)cc(Cl)c3=O)c2C)cc1. The zero-order valence-corrected chi connectivity index (χ0v) is 17.1. The monoisotopic (exact) mass is 438 g/mol. The van der Waals surface area contributed by atoms with Crippen molar-refractivity contribution >= 4 is 17.4 Å². The third kappa shape index (κ3) is 4.14. The van der Waals surface area contributed by atoms with Crippen molar-refractivity contribution < 1.29 is 22.7 Å². The fraction of sp³-hybridized carbons (Fsp3) is 0.238. The van der Waals surface area contributed by atoms with Crippen LogP contribution >= 0.6 is 11.6 Å². The number of ether oxygens (including phenoxy) is 1. The van der Waals surface area contributed by atoms with E-state index >= 15 is 0 Å². The number of aromatic nitrogens is 2. The number of hydrogen-bond donors (Lipinski definition) is 0. The highest BCUT2D eigenvalue weighted by molar-refractivity contribution is 6.30. The van der Waals surface area contributed by atoms with Crippen LogP contribution in [0.15, 0.2) is 47.4 Å². The third-order valence-corrected chi connectivity index (χ3v) is 5.02. The molecule has 158 valence electrons. The number of Topliss-reactive ketones (excluding diaryl/α,β-unsaturated/α-hetero) is 1. The van der Waals surface area contributed by atoms with Gasteiger partial charge in [-0.05, 0) is 50.2 Å². The van der Waals surface area contributed by atoms with Gasteiger partial charge in [0.2, 0.25) is 0 Å². The lowest BCUT2D eigenvalue weighted by atomic mass is 10.1. The second kappa shape index (κ2) is 8.02. The van der Waals surface area contributed by atoms with Crippen LogP contribution in [0.1, 0.15) is 27.3 Å². The van der Waals surface area contributed by atoms with E-state index < -0.39 is 34.6 Å². The molecule has 3 rings (SSSR count). The maximum Gasteiger partial charge on any atom is 0.417 e. The summed E-state index contributed by atoms with van der Waals surface area (Å²) in [5, 5.41) is -0.596. The molecular formula is C21H18ClF3N2O3. The summed E-state index contributed by atoms with van der Waals surface area (Å²) in [5.74, 6) is 0.179. The van der Waals surface area contributed by atoms with Gasteiger partial charge in [-0.1, -0.05) is 11.6 Å². The average Bonchev–Trinajstić information content (AvgIpc) is 2.98. The van der Waals surface area contributed by atoms with Gasteiger partial charge in [0.1, 0.15) is 10.8 Å². The highest BCUT2D eigenvalue weighted by Gasteiger charge is 2.32. The predicted octanol–water partition coefficient (Wildman–Crippen LogP) is 4.82. The van der Waals surface area contributed by atoms with Gasteiger partial charge >= 0.3 is 6.18 Å². The summed E-state index contributed by atoms with van der Waals surface area (Å²) in [6.07, 6.45) is -4.08. The molecule has 30 heavy (non-hydrogen) atoms. The molecule has 0 N–H and O–H groups in total. The number of ketones is 1. The number of benzene rings is 1. The Morgan fingerprint density at radius 3 is 2.33 bits per heavy atom. The molecule has 0 fully saturated rings. The minimum atomic E-state index is -4.69. The molecule has 1 aromatic carbocycles. The lowest BCUT2D eigenvalue weighted by molar-refractivity contribution is -0.138.